The van der Waals surface area contributed by atoms with Crippen molar-refractivity contribution in [3.8, 4) is 0 Å². The van der Waals surface area contributed by atoms with E-state index in [0.717, 1.165) is 54.1 Å². The van der Waals surface area contributed by atoms with Crippen molar-refractivity contribution in [1.82, 2.24) is 14.8 Å². The lowest BCUT2D eigenvalue weighted by molar-refractivity contribution is 0.256. The fourth-order valence-corrected chi connectivity index (χ4v) is 3.82. The number of hydrogen-bond acceptors (Lipinski definition) is 3. The average Bonchev–Trinajstić information content (AvgIpc) is 2.94. The first-order valence-corrected chi connectivity index (χ1v) is 10.2. The van der Waals surface area contributed by atoms with Crippen molar-refractivity contribution in [2.24, 2.45) is 0 Å². The normalized spacial score (nSPS) is 13.4. The molecule has 0 atom stereocenters. The van der Waals surface area contributed by atoms with Gasteiger partial charge in [0.2, 0.25) is 0 Å². The second kappa shape index (κ2) is 8.47. The number of nitrogens with one attached hydrogen (secondary N) is 1. The monoisotopic (exact) mass is 389 g/mol. The van der Waals surface area contributed by atoms with E-state index in [4.69, 9.17) is 10.1 Å². The third kappa shape index (κ3) is 4.65. The minimum absolute atomic E-state index is 0.189. The van der Waals surface area contributed by atoms with Gasteiger partial charge in [0.05, 0.1) is 6.54 Å². The molecular formula is C23H27N5O. The molecule has 2 heterocycles. The van der Waals surface area contributed by atoms with E-state index in [9.17, 15) is 4.79 Å². The molecule has 1 aliphatic heterocycles. The molecule has 0 unspecified atom stereocenters. The van der Waals surface area contributed by atoms with E-state index in [1.165, 1.54) is 6.42 Å². The van der Waals surface area contributed by atoms with Gasteiger partial charge in [-0.05, 0) is 62.1 Å². The molecule has 0 saturated carbocycles. The van der Waals surface area contributed by atoms with Crippen molar-refractivity contribution < 1.29 is 4.79 Å². The smallest absolute Gasteiger partial charge is 0.308 e. The molecule has 1 aliphatic rings. The van der Waals surface area contributed by atoms with E-state index in [0.29, 0.717) is 12.4 Å². The zero-order chi connectivity index (χ0) is 20.2. The lowest BCUT2D eigenvalue weighted by atomic mass is 10.1. The second-order valence-electron chi connectivity index (χ2n) is 7.71. The van der Waals surface area contributed by atoms with Gasteiger partial charge >= 0.3 is 6.03 Å². The molecule has 0 aliphatic carbocycles. The van der Waals surface area contributed by atoms with E-state index in [2.05, 4.69) is 11.4 Å². The van der Waals surface area contributed by atoms with Crippen LogP contribution in [0.4, 0.5) is 16.2 Å². The number of fused-ring (bicyclic) bond motifs is 1. The largest absolute Gasteiger partial charge is 0.326 e. The number of urea groups is 1. The van der Waals surface area contributed by atoms with Gasteiger partial charge in [-0.25, -0.2) is 14.5 Å². The fourth-order valence-electron chi connectivity index (χ4n) is 3.82. The van der Waals surface area contributed by atoms with E-state index in [1.807, 2.05) is 61.0 Å². The molecular weight excluding hydrogens is 362 g/mol. The Morgan fingerprint density at radius 3 is 2.59 bits per heavy atom. The van der Waals surface area contributed by atoms with Crippen LogP contribution in [-0.4, -0.2) is 20.8 Å². The van der Waals surface area contributed by atoms with Gasteiger partial charge in [0.25, 0.3) is 0 Å². The number of benzene rings is 2. The minimum Gasteiger partial charge on any atom is -0.308 e. The third-order valence-corrected chi connectivity index (χ3v) is 5.15. The maximum Gasteiger partial charge on any atom is 0.326 e. The molecule has 1 N–H and O–H groups in total. The zero-order valence-electron chi connectivity index (χ0n) is 17.1. The maximum atomic E-state index is 13.2. The lowest BCUT2D eigenvalue weighted by Crippen LogP contribution is -2.35. The summed E-state index contributed by atoms with van der Waals surface area (Å²) < 4.78 is 2.01. The van der Waals surface area contributed by atoms with Gasteiger partial charge in [-0.3, -0.25) is 4.90 Å². The Morgan fingerprint density at radius 2 is 1.83 bits per heavy atom. The summed E-state index contributed by atoms with van der Waals surface area (Å²) in [5.74, 6) is 1.71. The molecule has 0 spiro atoms. The Morgan fingerprint density at radius 1 is 1.07 bits per heavy atom. The van der Waals surface area contributed by atoms with Crippen LogP contribution >= 0.6 is 0 Å². The number of aryl methyl sites for hydroxylation is 4. The number of carbonyl (C=O) groups excluding carboxylic acids is 1. The van der Waals surface area contributed by atoms with Gasteiger partial charge in [0, 0.05) is 24.3 Å². The Balaban J connectivity index is 1.63. The summed E-state index contributed by atoms with van der Waals surface area (Å²) in [4.78, 5) is 19.7. The van der Waals surface area contributed by atoms with Gasteiger partial charge in [0.15, 0.2) is 5.82 Å². The van der Waals surface area contributed by atoms with Crippen LogP contribution in [-0.2, 0) is 19.5 Å². The minimum atomic E-state index is -0.189. The summed E-state index contributed by atoms with van der Waals surface area (Å²) in [5, 5.41) is 7.69. The highest BCUT2D eigenvalue weighted by Gasteiger charge is 2.21. The van der Waals surface area contributed by atoms with Gasteiger partial charge in [-0.15, -0.1) is 0 Å². The lowest BCUT2D eigenvalue weighted by Gasteiger charge is -2.23. The molecule has 29 heavy (non-hydrogen) atoms. The quantitative estimate of drug-likeness (QED) is 0.693. The van der Waals surface area contributed by atoms with E-state index in [1.54, 1.807) is 4.90 Å². The van der Waals surface area contributed by atoms with Gasteiger partial charge < -0.3 is 5.32 Å². The molecule has 0 bridgehead atoms. The summed E-state index contributed by atoms with van der Waals surface area (Å²) in [7, 11) is 0. The number of carbonyl (C=O) groups is 1. The van der Waals surface area contributed by atoms with Crippen molar-refractivity contribution in [3.63, 3.8) is 0 Å². The summed E-state index contributed by atoms with van der Waals surface area (Å²) in [6.07, 6.45) is 4.44. The summed E-state index contributed by atoms with van der Waals surface area (Å²) in [6.45, 7) is 5.32. The highest BCUT2D eigenvalue weighted by atomic mass is 16.2. The van der Waals surface area contributed by atoms with Crippen LogP contribution in [0.5, 0.6) is 0 Å². The van der Waals surface area contributed by atoms with Gasteiger partial charge in [-0.1, -0.05) is 30.7 Å². The second-order valence-corrected chi connectivity index (χ2v) is 7.71. The molecule has 1 aromatic heterocycles. The zero-order valence-corrected chi connectivity index (χ0v) is 17.1. The van der Waals surface area contributed by atoms with Crippen molar-refractivity contribution in [1.29, 1.82) is 0 Å². The fraction of sp³-hybridized carbons (Fsp3) is 0.348. The Bertz CT molecular complexity index is 952. The predicted molar refractivity (Wildman–Crippen MR) is 115 cm³/mol. The van der Waals surface area contributed by atoms with Crippen LogP contribution in [0.3, 0.4) is 0 Å². The summed E-state index contributed by atoms with van der Waals surface area (Å²) in [5.41, 5.74) is 3.85. The summed E-state index contributed by atoms with van der Waals surface area (Å²) in [6, 6.07) is 15.5. The third-order valence-electron chi connectivity index (χ3n) is 5.15. The number of aromatic nitrogens is 3. The molecule has 0 fully saturated rings. The highest BCUT2D eigenvalue weighted by Crippen LogP contribution is 2.22. The maximum absolute atomic E-state index is 13.2. The first-order chi connectivity index (χ1) is 14.1. The van der Waals surface area contributed by atoms with Crippen LogP contribution < -0.4 is 10.2 Å². The van der Waals surface area contributed by atoms with E-state index < -0.39 is 0 Å². The van der Waals surface area contributed by atoms with E-state index in [-0.39, 0.29) is 6.03 Å². The van der Waals surface area contributed by atoms with Crippen LogP contribution in [0.25, 0.3) is 0 Å². The first kappa shape index (κ1) is 19.2. The number of anilines is 2. The molecule has 0 radical (unpaired) electrons. The number of para-hydroxylation sites is 1. The number of hydrogen-bond donors (Lipinski definition) is 1. The average molecular weight is 390 g/mol. The molecule has 0 saturated heterocycles. The molecule has 3 aromatic rings. The van der Waals surface area contributed by atoms with Crippen molar-refractivity contribution in [2.75, 3.05) is 10.2 Å². The molecule has 150 valence electrons. The van der Waals surface area contributed by atoms with E-state index >= 15 is 0 Å². The predicted octanol–water partition coefficient (Wildman–Crippen LogP) is 4.86. The SMILES string of the molecule is Cc1cc(C)cc(N(Cc2nc3n(n2)CCCCC3)C(=O)Nc2ccccc2)c1. The number of amides is 2. The molecule has 6 nitrogen and oxygen atoms in total. The standard InChI is InChI=1S/C23H27N5O/c1-17-13-18(2)15-20(14-17)27(23(29)24-19-9-5-3-6-10-19)16-21-25-22-11-7-4-8-12-28(22)26-21/h3,5-6,9-10,13-15H,4,7-8,11-12,16H2,1-2H3,(H,24,29). The Hall–Kier alpha value is -3.15. The molecule has 6 heteroatoms. The topological polar surface area (TPSA) is 63.1 Å². The molecule has 2 amide bonds. The summed E-state index contributed by atoms with van der Waals surface area (Å²) >= 11 is 0. The highest BCUT2D eigenvalue weighted by molar-refractivity contribution is 6.01. The van der Waals surface area contributed by atoms with Crippen molar-refractivity contribution in [3.05, 3.63) is 71.3 Å². The first-order valence-electron chi connectivity index (χ1n) is 10.2. The van der Waals surface area contributed by atoms with Gasteiger partial charge in [0.1, 0.15) is 5.82 Å². The van der Waals surface area contributed by atoms with Crippen LogP contribution in [0.2, 0.25) is 0 Å². The number of nitrogens with zero attached hydrogens (tertiary/aromatic N) is 4. The number of rotatable bonds is 4. The molecule has 2 aromatic carbocycles. The van der Waals surface area contributed by atoms with Crippen LogP contribution in [0, 0.1) is 13.8 Å². The van der Waals surface area contributed by atoms with Crippen molar-refractivity contribution >= 4 is 17.4 Å². The van der Waals surface area contributed by atoms with Gasteiger partial charge in [-0.2, -0.15) is 5.10 Å². The van der Waals surface area contributed by atoms with Crippen LogP contribution in [0.1, 0.15) is 42.0 Å². The van der Waals surface area contributed by atoms with Crippen LogP contribution in [0.15, 0.2) is 48.5 Å². The Labute approximate surface area is 171 Å². The molecule has 4 rings (SSSR count). The van der Waals surface area contributed by atoms with Crippen molar-refractivity contribution in [2.45, 2.75) is 52.6 Å². The Kier molecular flexibility index (Phi) is 5.60.